The number of anilines is 1. The summed E-state index contributed by atoms with van der Waals surface area (Å²) in [5.74, 6) is -0.765. The summed E-state index contributed by atoms with van der Waals surface area (Å²) in [6.07, 6.45) is 2.22. The highest BCUT2D eigenvalue weighted by Gasteiger charge is 2.44. The van der Waals surface area contributed by atoms with Crippen LogP contribution in [0.4, 0.5) is 5.69 Å². The number of hydrogen-bond acceptors (Lipinski definition) is 3. The van der Waals surface area contributed by atoms with Crippen LogP contribution in [0, 0.1) is 5.92 Å². The third-order valence-electron chi connectivity index (χ3n) is 5.61. The molecule has 4 unspecified atom stereocenters. The number of halogens is 2. The molecule has 132 valence electrons. The van der Waals surface area contributed by atoms with Crippen LogP contribution in [0.15, 0.2) is 35.4 Å². The molecule has 25 heavy (non-hydrogen) atoms. The van der Waals surface area contributed by atoms with Crippen molar-refractivity contribution in [2.24, 2.45) is 5.92 Å². The minimum atomic E-state index is -0.282. The van der Waals surface area contributed by atoms with Crippen LogP contribution >= 0.6 is 23.2 Å². The molecule has 1 aromatic carbocycles. The third kappa shape index (κ3) is 2.76. The number of nitrogens with one attached hydrogen (secondary N) is 1. The summed E-state index contributed by atoms with van der Waals surface area (Å²) in [5, 5.41) is 2.33. The lowest BCUT2D eigenvalue weighted by molar-refractivity contribution is -0.124. The van der Waals surface area contributed by atoms with E-state index in [9.17, 15) is 9.59 Å². The number of hydrogen-bond donors (Lipinski definition) is 1. The molecule has 0 bridgehead atoms. The van der Waals surface area contributed by atoms with E-state index in [1.54, 1.807) is 0 Å². The first kappa shape index (κ1) is 16.9. The highest BCUT2D eigenvalue weighted by Crippen LogP contribution is 2.45. The summed E-state index contributed by atoms with van der Waals surface area (Å²) < 4.78 is 0. The predicted octanol–water partition coefficient (Wildman–Crippen LogP) is 3.19. The number of amides is 2. The summed E-state index contributed by atoms with van der Waals surface area (Å²) >= 11 is 12.8. The van der Waals surface area contributed by atoms with Gasteiger partial charge in [0.1, 0.15) is 0 Å². The van der Waals surface area contributed by atoms with E-state index < -0.39 is 0 Å². The van der Waals surface area contributed by atoms with Crippen LogP contribution in [0.3, 0.4) is 0 Å². The molecule has 0 radical (unpaired) electrons. The van der Waals surface area contributed by atoms with Gasteiger partial charge >= 0.3 is 0 Å². The van der Waals surface area contributed by atoms with Crippen molar-refractivity contribution in [1.29, 1.82) is 0 Å². The number of nitrogens with zero attached hydrogens (tertiary/aromatic N) is 1. The molecule has 0 aromatic heterocycles. The van der Waals surface area contributed by atoms with Gasteiger partial charge in [0.25, 0.3) is 11.8 Å². The van der Waals surface area contributed by atoms with Crippen LogP contribution in [0.2, 0.25) is 0 Å². The van der Waals surface area contributed by atoms with Gasteiger partial charge in [-0.25, -0.2) is 0 Å². The average Bonchev–Trinajstić information content (AvgIpc) is 3.04. The summed E-state index contributed by atoms with van der Waals surface area (Å²) in [7, 11) is 2.01. The molecule has 2 aliphatic heterocycles. The molecular formula is C19H20Cl2N2O2. The standard InChI is InChI=1S/C19H20Cl2N2O2/c1-23-9-13(11-4-2-3-5-15(11)23)17-16(18(24)22-19(17)25)12-7-6-10(20)8-14(12)21/h2-5,10,12-14H,6-9H2,1H3,(H,22,24,25). The van der Waals surface area contributed by atoms with Gasteiger partial charge in [-0.2, -0.15) is 0 Å². The number of rotatable bonds is 2. The number of carbonyl (C=O) groups excluding carboxylic acids is 2. The van der Waals surface area contributed by atoms with E-state index in [1.807, 2.05) is 31.3 Å². The number of para-hydroxylation sites is 1. The Labute approximate surface area is 157 Å². The van der Waals surface area contributed by atoms with Crippen molar-refractivity contribution in [2.45, 2.75) is 35.9 Å². The van der Waals surface area contributed by atoms with Gasteiger partial charge in [0, 0.05) is 53.0 Å². The van der Waals surface area contributed by atoms with Gasteiger partial charge < -0.3 is 4.90 Å². The maximum absolute atomic E-state index is 12.6. The van der Waals surface area contributed by atoms with E-state index in [2.05, 4.69) is 10.2 Å². The smallest absolute Gasteiger partial charge is 0.255 e. The highest BCUT2D eigenvalue weighted by molar-refractivity contribution is 6.25. The van der Waals surface area contributed by atoms with Gasteiger partial charge in [-0.15, -0.1) is 23.2 Å². The fourth-order valence-corrected chi connectivity index (χ4v) is 5.31. The first-order chi connectivity index (χ1) is 12.0. The molecule has 4 rings (SSSR count). The number of fused-ring (bicyclic) bond motifs is 1. The molecule has 1 aromatic rings. The number of benzene rings is 1. The van der Waals surface area contributed by atoms with Crippen molar-refractivity contribution < 1.29 is 9.59 Å². The number of likely N-dealkylation sites (N-methyl/N-ethyl adjacent to an activating group) is 1. The van der Waals surface area contributed by atoms with Gasteiger partial charge in [-0.3, -0.25) is 14.9 Å². The Hall–Kier alpha value is -1.52. The zero-order valence-electron chi connectivity index (χ0n) is 14.0. The van der Waals surface area contributed by atoms with Crippen molar-refractivity contribution in [3.63, 3.8) is 0 Å². The van der Waals surface area contributed by atoms with Crippen molar-refractivity contribution in [3.8, 4) is 0 Å². The number of alkyl halides is 2. The monoisotopic (exact) mass is 378 g/mol. The van der Waals surface area contributed by atoms with Gasteiger partial charge in [-0.1, -0.05) is 18.2 Å². The average molecular weight is 379 g/mol. The van der Waals surface area contributed by atoms with Crippen molar-refractivity contribution >= 4 is 40.7 Å². The summed E-state index contributed by atoms with van der Waals surface area (Å²) in [6, 6.07) is 8.05. The zero-order chi connectivity index (χ0) is 17.7. The summed E-state index contributed by atoms with van der Waals surface area (Å²) in [4.78, 5) is 27.3. The quantitative estimate of drug-likeness (QED) is 0.634. The Kier molecular flexibility index (Phi) is 4.28. The minimum absolute atomic E-state index is 0.0429. The number of carbonyl (C=O) groups is 2. The molecule has 1 fully saturated rings. The third-order valence-corrected chi connectivity index (χ3v) is 6.49. The van der Waals surface area contributed by atoms with Crippen LogP contribution in [0.1, 0.15) is 30.7 Å². The van der Waals surface area contributed by atoms with Crippen molar-refractivity contribution in [1.82, 2.24) is 5.32 Å². The maximum Gasteiger partial charge on any atom is 0.255 e. The lowest BCUT2D eigenvalue weighted by Crippen LogP contribution is -2.31. The number of imide groups is 1. The normalized spacial score (nSPS) is 32.2. The Morgan fingerprint density at radius 1 is 1.08 bits per heavy atom. The molecular weight excluding hydrogens is 359 g/mol. The lowest BCUT2D eigenvalue weighted by Gasteiger charge is -2.31. The van der Waals surface area contributed by atoms with E-state index >= 15 is 0 Å². The minimum Gasteiger partial charge on any atom is -0.373 e. The van der Waals surface area contributed by atoms with E-state index in [0.29, 0.717) is 24.1 Å². The predicted molar refractivity (Wildman–Crippen MR) is 99.3 cm³/mol. The molecule has 3 aliphatic rings. The fraction of sp³-hybridized carbons (Fsp3) is 0.474. The maximum atomic E-state index is 12.6. The Balaban J connectivity index is 1.79. The van der Waals surface area contributed by atoms with E-state index in [0.717, 1.165) is 24.1 Å². The van der Waals surface area contributed by atoms with Crippen LogP contribution in [-0.4, -0.2) is 36.2 Å². The molecule has 2 heterocycles. The van der Waals surface area contributed by atoms with Gasteiger partial charge in [0.05, 0.1) is 0 Å². The van der Waals surface area contributed by atoms with Gasteiger partial charge in [0.2, 0.25) is 0 Å². The SMILES string of the molecule is CN1CC(C2=C(C3CCC(Cl)CC3Cl)C(=O)NC2=O)c2ccccc21. The molecule has 4 nitrogen and oxygen atoms in total. The molecule has 2 amide bonds. The van der Waals surface area contributed by atoms with E-state index in [4.69, 9.17) is 23.2 Å². The van der Waals surface area contributed by atoms with Crippen molar-refractivity contribution in [2.75, 3.05) is 18.5 Å². The zero-order valence-corrected chi connectivity index (χ0v) is 15.5. The topological polar surface area (TPSA) is 49.4 Å². The van der Waals surface area contributed by atoms with Crippen LogP contribution < -0.4 is 10.2 Å². The van der Waals surface area contributed by atoms with Gasteiger partial charge in [0.15, 0.2) is 0 Å². The summed E-state index contributed by atoms with van der Waals surface area (Å²) in [5.41, 5.74) is 3.40. The van der Waals surface area contributed by atoms with Crippen molar-refractivity contribution in [3.05, 3.63) is 41.0 Å². The highest BCUT2D eigenvalue weighted by atomic mass is 35.5. The molecule has 0 spiro atoms. The van der Waals surface area contributed by atoms with Crippen LogP contribution in [-0.2, 0) is 9.59 Å². The first-order valence-corrected chi connectivity index (χ1v) is 9.52. The second-order valence-electron chi connectivity index (χ2n) is 7.14. The summed E-state index contributed by atoms with van der Waals surface area (Å²) in [6.45, 7) is 0.691. The Morgan fingerprint density at radius 3 is 2.56 bits per heavy atom. The molecule has 6 heteroatoms. The molecule has 4 atom stereocenters. The second kappa shape index (κ2) is 6.33. The van der Waals surface area contributed by atoms with Crippen LogP contribution in [0.25, 0.3) is 0 Å². The van der Waals surface area contributed by atoms with E-state index in [1.165, 1.54) is 0 Å². The first-order valence-electron chi connectivity index (χ1n) is 8.65. The Bertz CT molecular complexity index is 776. The molecule has 1 N–H and O–H groups in total. The van der Waals surface area contributed by atoms with Crippen LogP contribution in [0.5, 0.6) is 0 Å². The lowest BCUT2D eigenvalue weighted by atomic mass is 9.78. The van der Waals surface area contributed by atoms with Gasteiger partial charge in [-0.05, 0) is 30.9 Å². The largest absolute Gasteiger partial charge is 0.373 e. The molecule has 1 saturated carbocycles. The Morgan fingerprint density at radius 2 is 1.80 bits per heavy atom. The molecule has 0 saturated heterocycles. The van der Waals surface area contributed by atoms with E-state index in [-0.39, 0.29) is 34.4 Å². The second-order valence-corrected chi connectivity index (χ2v) is 8.31. The fourth-order valence-electron chi connectivity index (χ4n) is 4.44. The molecule has 1 aliphatic carbocycles.